The summed E-state index contributed by atoms with van der Waals surface area (Å²) in [5.41, 5.74) is 1.55. The molecule has 2 unspecified atom stereocenters. The van der Waals surface area contributed by atoms with Gasteiger partial charge in [0, 0.05) is 13.1 Å². The van der Waals surface area contributed by atoms with Crippen LogP contribution in [0.25, 0.3) is 0 Å². The van der Waals surface area contributed by atoms with E-state index in [0.29, 0.717) is 11.6 Å². The molecule has 7 heteroatoms. The van der Waals surface area contributed by atoms with Gasteiger partial charge in [-0.2, -0.15) is 17.9 Å². The summed E-state index contributed by atoms with van der Waals surface area (Å²) in [6, 6.07) is 10.3. The largest absolute Gasteiger partial charge is 0.311 e. The summed E-state index contributed by atoms with van der Waals surface area (Å²) in [5, 5.41) is 18.6. The molecule has 2 aromatic rings. The zero-order valence-electron chi connectivity index (χ0n) is 17.9. The normalized spacial score (nSPS) is 22.0. The van der Waals surface area contributed by atoms with Crippen LogP contribution >= 0.6 is 12.6 Å². The third kappa shape index (κ3) is 4.56. The molecule has 1 aromatic carbocycles. The molecular formula is C23H32N6S. The van der Waals surface area contributed by atoms with Crippen LogP contribution in [0.2, 0.25) is 0 Å². The molecule has 0 saturated carbocycles. The van der Waals surface area contributed by atoms with E-state index in [0.717, 1.165) is 43.3 Å². The van der Waals surface area contributed by atoms with Crippen molar-refractivity contribution in [3.05, 3.63) is 47.0 Å². The lowest BCUT2D eigenvalue weighted by atomic mass is 10.0. The van der Waals surface area contributed by atoms with Crippen LogP contribution in [0.3, 0.4) is 0 Å². The van der Waals surface area contributed by atoms with Crippen LogP contribution in [0.5, 0.6) is 0 Å². The van der Waals surface area contributed by atoms with E-state index in [2.05, 4.69) is 37.7 Å². The molecule has 160 valence electrons. The molecule has 4 rings (SSSR count). The first kappa shape index (κ1) is 21.4. The van der Waals surface area contributed by atoms with E-state index in [9.17, 15) is 5.26 Å². The highest BCUT2D eigenvalue weighted by Crippen LogP contribution is 2.34. The SMILES string of the molecule is CN1CCCCC1c1nnc(C(S)c2ccccc2C#N)n1CCN1CCCCC1. The zero-order chi connectivity index (χ0) is 20.9. The van der Waals surface area contributed by atoms with Gasteiger partial charge < -0.3 is 9.47 Å². The first-order valence-corrected chi connectivity index (χ1v) is 11.7. The van der Waals surface area contributed by atoms with Crippen molar-refractivity contribution in [2.24, 2.45) is 0 Å². The lowest BCUT2D eigenvalue weighted by Crippen LogP contribution is -2.35. The van der Waals surface area contributed by atoms with Crippen LogP contribution in [-0.2, 0) is 6.54 Å². The average Bonchev–Trinajstić information content (AvgIpc) is 3.21. The number of hydrogen-bond acceptors (Lipinski definition) is 6. The Morgan fingerprint density at radius 1 is 1.07 bits per heavy atom. The number of benzene rings is 1. The van der Waals surface area contributed by atoms with E-state index >= 15 is 0 Å². The molecule has 6 nitrogen and oxygen atoms in total. The maximum absolute atomic E-state index is 9.56. The van der Waals surface area contributed by atoms with E-state index in [4.69, 9.17) is 12.6 Å². The summed E-state index contributed by atoms with van der Waals surface area (Å²) < 4.78 is 2.30. The molecule has 0 radical (unpaired) electrons. The second kappa shape index (κ2) is 9.95. The molecule has 2 saturated heterocycles. The molecule has 2 atom stereocenters. The quantitative estimate of drug-likeness (QED) is 0.715. The summed E-state index contributed by atoms with van der Waals surface area (Å²) in [6.07, 6.45) is 7.51. The zero-order valence-corrected chi connectivity index (χ0v) is 18.8. The Morgan fingerprint density at radius 3 is 2.60 bits per heavy atom. The number of likely N-dealkylation sites (tertiary alicyclic amines) is 2. The van der Waals surface area contributed by atoms with Gasteiger partial charge in [0.15, 0.2) is 5.82 Å². The molecule has 1 aromatic heterocycles. The van der Waals surface area contributed by atoms with Crippen molar-refractivity contribution >= 4 is 12.6 Å². The van der Waals surface area contributed by atoms with Crippen molar-refractivity contribution in [3.63, 3.8) is 0 Å². The second-order valence-corrected chi connectivity index (χ2v) is 9.08. The average molecular weight is 425 g/mol. The number of nitriles is 1. The Labute approximate surface area is 185 Å². The summed E-state index contributed by atoms with van der Waals surface area (Å²) >= 11 is 4.92. The van der Waals surface area contributed by atoms with E-state index in [-0.39, 0.29) is 5.25 Å². The van der Waals surface area contributed by atoms with E-state index in [1.165, 1.54) is 45.2 Å². The monoisotopic (exact) mass is 424 g/mol. The molecule has 0 N–H and O–H groups in total. The standard InChI is InChI=1S/C23H32N6S/c1-27-12-8-5-11-20(27)22-25-26-23(21(30)19-10-4-3-9-18(19)17-24)29(22)16-15-28-13-6-2-7-14-28/h3-4,9-10,20-21,30H,2,5-8,11-16H2,1H3. The highest BCUT2D eigenvalue weighted by molar-refractivity contribution is 7.80. The maximum Gasteiger partial charge on any atom is 0.150 e. The summed E-state index contributed by atoms with van der Waals surface area (Å²) in [5.74, 6) is 1.91. The smallest absolute Gasteiger partial charge is 0.150 e. The number of thiol groups is 1. The number of piperidine rings is 2. The van der Waals surface area contributed by atoms with Gasteiger partial charge >= 0.3 is 0 Å². The van der Waals surface area contributed by atoms with E-state index in [1.54, 1.807) is 0 Å². The van der Waals surface area contributed by atoms with Crippen molar-refractivity contribution < 1.29 is 0 Å². The fourth-order valence-electron chi connectivity index (χ4n) is 4.81. The Morgan fingerprint density at radius 2 is 1.83 bits per heavy atom. The van der Waals surface area contributed by atoms with Crippen LogP contribution in [0.1, 0.15) is 72.6 Å². The van der Waals surface area contributed by atoms with Crippen molar-refractivity contribution in [3.8, 4) is 6.07 Å². The van der Waals surface area contributed by atoms with Crippen molar-refractivity contribution in [2.45, 2.75) is 56.4 Å². The Balaban J connectivity index is 1.65. The van der Waals surface area contributed by atoms with E-state index < -0.39 is 0 Å². The van der Waals surface area contributed by atoms with Gasteiger partial charge in [0.05, 0.1) is 22.9 Å². The minimum Gasteiger partial charge on any atom is -0.311 e. The van der Waals surface area contributed by atoms with Crippen LogP contribution in [0, 0.1) is 11.3 Å². The Hall–Kier alpha value is -1.88. The fourth-order valence-corrected chi connectivity index (χ4v) is 5.22. The topological polar surface area (TPSA) is 61.0 Å². The van der Waals surface area contributed by atoms with Gasteiger partial charge in [0.25, 0.3) is 0 Å². The highest BCUT2D eigenvalue weighted by atomic mass is 32.1. The van der Waals surface area contributed by atoms with Crippen molar-refractivity contribution in [2.75, 3.05) is 33.2 Å². The van der Waals surface area contributed by atoms with Crippen molar-refractivity contribution in [1.29, 1.82) is 5.26 Å². The van der Waals surface area contributed by atoms with Crippen LogP contribution in [0.4, 0.5) is 0 Å². The number of aromatic nitrogens is 3. The fraction of sp³-hybridized carbons (Fsp3) is 0.609. The van der Waals surface area contributed by atoms with Gasteiger partial charge in [-0.15, -0.1) is 10.2 Å². The van der Waals surface area contributed by atoms with Crippen molar-refractivity contribution in [1.82, 2.24) is 24.6 Å². The molecule has 2 aliphatic rings. The maximum atomic E-state index is 9.56. The van der Waals surface area contributed by atoms with Gasteiger partial charge in [-0.1, -0.05) is 31.0 Å². The summed E-state index contributed by atoms with van der Waals surface area (Å²) in [6.45, 7) is 5.33. The Bertz CT molecular complexity index is 882. The molecule has 0 aliphatic carbocycles. The predicted molar refractivity (Wildman–Crippen MR) is 122 cm³/mol. The van der Waals surface area contributed by atoms with Gasteiger partial charge in [0.1, 0.15) is 5.82 Å². The molecule has 0 amide bonds. The Kier molecular flexibility index (Phi) is 7.08. The van der Waals surface area contributed by atoms with Gasteiger partial charge in [-0.05, 0) is 64.0 Å². The van der Waals surface area contributed by atoms with Crippen LogP contribution < -0.4 is 0 Å². The molecule has 3 heterocycles. The third-order valence-electron chi connectivity index (χ3n) is 6.59. The summed E-state index contributed by atoms with van der Waals surface area (Å²) in [4.78, 5) is 4.96. The highest BCUT2D eigenvalue weighted by Gasteiger charge is 2.29. The molecular weight excluding hydrogens is 392 g/mol. The first-order valence-electron chi connectivity index (χ1n) is 11.2. The van der Waals surface area contributed by atoms with E-state index in [1.807, 2.05) is 24.3 Å². The molecule has 2 fully saturated rings. The minimum absolute atomic E-state index is 0.266. The van der Waals surface area contributed by atoms with Gasteiger partial charge in [-0.25, -0.2) is 0 Å². The number of hydrogen-bond donors (Lipinski definition) is 1. The summed E-state index contributed by atoms with van der Waals surface area (Å²) in [7, 11) is 2.19. The molecule has 0 bridgehead atoms. The molecule has 0 spiro atoms. The van der Waals surface area contributed by atoms with Gasteiger partial charge in [0.2, 0.25) is 0 Å². The van der Waals surface area contributed by atoms with Crippen LogP contribution in [-0.4, -0.2) is 57.8 Å². The third-order valence-corrected chi connectivity index (χ3v) is 7.09. The van der Waals surface area contributed by atoms with Crippen LogP contribution in [0.15, 0.2) is 24.3 Å². The second-order valence-electron chi connectivity index (χ2n) is 8.56. The number of nitrogens with zero attached hydrogens (tertiary/aromatic N) is 6. The lowest BCUT2D eigenvalue weighted by Gasteiger charge is -2.33. The lowest BCUT2D eigenvalue weighted by molar-refractivity contribution is 0.171. The molecule has 2 aliphatic heterocycles. The predicted octanol–water partition coefficient (Wildman–Crippen LogP) is 3.81. The number of rotatable bonds is 6. The van der Waals surface area contributed by atoms with Gasteiger partial charge in [-0.3, -0.25) is 4.90 Å². The minimum atomic E-state index is -0.266. The first-order chi connectivity index (χ1) is 14.7. The molecule has 30 heavy (non-hydrogen) atoms.